The molecular formula is C9H26ClNO4. The predicted molar refractivity (Wildman–Crippen MR) is 63.8 cm³/mol. The topological polar surface area (TPSA) is 108 Å². The van der Waals surface area contributed by atoms with Crippen molar-refractivity contribution in [3.8, 4) is 0 Å². The van der Waals surface area contributed by atoms with E-state index < -0.39 is 0 Å². The number of alkyl halides is 1. The summed E-state index contributed by atoms with van der Waals surface area (Å²) in [4.78, 5) is 0. The fourth-order valence-electron chi connectivity index (χ4n) is 0.157. The molecule has 6 N–H and O–H groups in total. The summed E-state index contributed by atoms with van der Waals surface area (Å²) in [7, 11) is 0. The van der Waals surface area contributed by atoms with Crippen LogP contribution in [0.5, 0.6) is 0 Å². The smallest absolute Gasteiger partial charge is 0.0944 e. The van der Waals surface area contributed by atoms with Crippen molar-refractivity contribution in [3.05, 3.63) is 0 Å². The fourth-order valence-corrected chi connectivity index (χ4v) is 0.335. The van der Waals surface area contributed by atoms with Crippen molar-refractivity contribution in [2.24, 2.45) is 0 Å². The van der Waals surface area contributed by atoms with Crippen molar-refractivity contribution in [2.45, 2.75) is 26.9 Å². The van der Waals surface area contributed by atoms with Gasteiger partial charge in [0.2, 0.25) is 0 Å². The first-order valence-electron chi connectivity index (χ1n) is 4.68. The number of aliphatic hydroxyl groups is 3. The van der Waals surface area contributed by atoms with Crippen LogP contribution < -0.4 is 6.15 Å². The second kappa shape index (κ2) is 29.2. The lowest BCUT2D eigenvalue weighted by atomic mass is 10.6. The fraction of sp³-hybridized carbons (Fsp3) is 1.00. The Kier molecular flexibility index (Phi) is 47.4. The van der Waals surface area contributed by atoms with Crippen LogP contribution in [0.25, 0.3) is 0 Å². The Morgan fingerprint density at radius 1 is 1.07 bits per heavy atom. The molecule has 1 unspecified atom stereocenters. The summed E-state index contributed by atoms with van der Waals surface area (Å²) >= 11 is 5.27. The monoisotopic (exact) mass is 247 g/mol. The van der Waals surface area contributed by atoms with Gasteiger partial charge in [0.05, 0.1) is 18.6 Å². The lowest BCUT2D eigenvalue weighted by molar-refractivity contribution is 0.318. The molecule has 5 nitrogen and oxygen atoms in total. The third-order valence-electron chi connectivity index (χ3n) is 0.574. The second-order valence-electron chi connectivity index (χ2n) is 2.06. The molecule has 1 saturated heterocycles. The van der Waals surface area contributed by atoms with Crippen molar-refractivity contribution in [2.75, 3.05) is 32.3 Å². The molecule has 0 amide bonds. The molecule has 0 saturated carbocycles. The molecule has 0 radical (unpaired) electrons. The van der Waals surface area contributed by atoms with Crippen molar-refractivity contribution < 1.29 is 20.1 Å². The Hall–Kier alpha value is 0.0900. The first-order valence-corrected chi connectivity index (χ1v) is 5.21. The van der Waals surface area contributed by atoms with Gasteiger partial charge < -0.3 is 26.2 Å². The molecular weight excluding hydrogens is 222 g/mol. The Morgan fingerprint density at radius 2 is 1.27 bits per heavy atom. The molecule has 0 aromatic heterocycles. The zero-order valence-corrected chi connectivity index (χ0v) is 10.7. The van der Waals surface area contributed by atoms with Crippen LogP contribution >= 0.6 is 11.6 Å². The Labute approximate surface area is 97.6 Å². The maximum atomic E-state index is 7.57. The summed E-state index contributed by atoms with van der Waals surface area (Å²) in [6.07, 6.45) is 0.400. The van der Waals surface area contributed by atoms with Crippen LogP contribution in [0.3, 0.4) is 0 Å². The number of epoxide rings is 1. The third-order valence-corrected chi connectivity index (χ3v) is 0.919. The highest BCUT2D eigenvalue weighted by Crippen LogP contribution is 2.08. The number of ether oxygens (including phenoxy) is 1. The van der Waals surface area contributed by atoms with Crippen LogP contribution in [-0.2, 0) is 4.74 Å². The molecule has 98 valence electrons. The van der Waals surface area contributed by atoms with Gasteiger partial charge in [-0.1, -0.05) is 0 Å². The van der Waals surface area contributed by atoms with Crippen molar-refractivity contribution in [1.82, 2.24) is 6.15 Å². The minimum atomic E-state index is 0. The van der Waals surface area contributed by atoms with E-state index in [1.165, 1.54) is 0 Å². The molecule has 1 fully saturated rings. The zero-order chi connectivity index (χ0) is 11.8. The summed E-state index contributed by atoms with van der Waals surface area (Å²) in [5, 5.41) is 22.7. The van der Waals surface area contributed by atoms with Gasteiger partial charge in [0.15, 0.2) is 0 Å². The van der Waals surface area contributed by atoms with E-state index in [2.05, 4.69) is 0 Å². The van der Waals surface area contributed by atoms with Gasteiger partial charge >= 0.3 is 0 Å². The van der Waals surface area contributed by atoms with Crippen molar-refractivity contribution in [1.29, 1.82) is 0 Å². The average Bonchev–Trinajstić information content (AvgIpc) is 2.90. The van der Waals surface area contributed by atoms with Gasteiger partial charge in [-0.25, -0.2) is 0 Å². The Morgan fingerprint density at radius 3 is 1.27 bits per heavy atom. The van der Waals surface area contributed by atoms with Gasteiger partial charge in [-0.2, -0.15) is 0 Å². The molecule has 0 aromatic rings. The highest BCUT2D eigenvalue weighted by Gasteiger charge is 2.19. The first kappa shape index (κ1) is 24.4. The number of hydrogen-bond donors (Lipinski definition) is 4. The lowest BCUT2D eigenvalue weighted by Gasteiger charge is -1.67. The lowest BCUT2D eigenvalue weighted by Crippen LogP contribution is -1.80. The van der Waals surface area contributed by atoms with Gasteiger partial charge in [-0.05, 0) is 20.8 Å². The first-order chi connectivity index (χ1) is 6.67. The van der Waals surface area contributed by atoms with E-state index in [0.717, 1.165) is 6.61 Å². The summed E-state index contributed by atoms with van der Waals surface area (Å²) in [6.45, 7) is 6.67. The summed E-state index contributed by atoms with van der Waals surface area (Å²) in [5.74, 6) is 0.667. The van der Waals surface area contributed by atoms with E-state index in [0.29, 0.717) is 12.0 Å². The minimum Gasteiger partial charge on any atom is -0.397 e. The maximum Gasteiger partial charge on any atom is 0.0944 e. The predicted octanol–water partition coefficient (Wildman–Crippen LogP) is 0.782. The zero-order valence-electron chi connectivity index (χ0n) is 9.95. The van der Waals surface area contributed by atoms with Crippen LogP contribution in [0.15, 0.2) is 0 Å². The Bertz CT molecular complexity index is 70.4. The average molecular weight is 248 g/mol. The van der Waals surface area contributed by atoms with Gasteiger partial charge in [0.1, 0.15) is 0 Å². The van der Waals surface area contributed by atoms with Crippen LogP contribution in [0.4, 0.5) is 0 Å². The van der Waals surface area contributed by atoms with E-state index in [1.807, 2.05) is 0 Å². The van der Waals surface area contributed by atoms with E-state index in [-0.39, 0.29) is 26.0 Å². The molecule has 0 aliphatic carbocycles. The van der Waals surface area contributed by atoms with Gasteiger partial charge in [0, 0.05) is 19.8 Å². The summed E-state index contributed by atoms with van der Waals surface area (Å²) in [5.41, 5.74) is 0. The number of halogens is 1. The standard InChI is InChI=1S/C3H5ClO.3C2H6O.H3N/c4-1-3-2-5-3;3*1-2-3;/h3H,1-2H2;3*3H,2H2,1H3;1H3. The van der Waals surface area contributed by atoms with Crippen LogP contribution in [0.1, 0.15) is 20.8 Å². The van der Waals surface area contributed by atoms with E-state index in [1.54, 1.807) is 20.8 Å². The van der Waals surface area contributed by atoms with Gasteiger partial charge in [0.25, 0.3) is 0 Å². The molecule has 0 aromatic carbocycles. The molecule has 1 heterocycles. The molecule has 1 atom stereocenters. The quantitative estimate of drug-likeness (QED) is 0.405. The van der Waals surface area contributed by atoms with Crippen LogP contribution in [0.2, 0.25) is 0 Å². The van der Waals surface area contributed by atoms with E-state index in [4.69, 9.17) is 31.7 Å². The summed E-state index contributed by atoms with van der Waals surface area (Å²) in [6, 6.07) is 0. The van der Waals surface area contributed by atoms with Crippen LogP contribution in [0, 0.1) is 0 Å². The second-order valence-corrected chi connectivity index (χ2v) is 2.37. The molecule has 1 aliphatic heterocycles. The molecule has 1 aliphatic rings. The molecule has 6 heteroatoms. The number of hydrogen-bond acceptors (Lipinski definition) is 5. The minimum absolute atomic E-state index is 0. The number of rotatable bonds is 1. The van der Waals surface area contributed by atoms with Crippen molar-refractivity contribution in [3.63, 3.8) is 0 Å². The van der Waals surface area contributed by atoms with Gasteiger partial charge in [-0.15, -0.1) is 11.6 Å². The van der Waals surface area contributed by atoms with Crippen LogP contribution in [-0.4, -0.2) is 53.7 Å². The number of aliphatic hydroxyl groups excluding tert-OH is 3. The Balaban J connectivity index is -0.0000000550. The highest BCUT2D eigenvalue weighted by molar-refractivity contribution is 6.18. The van der Waals surface area contributed by atoms with Crippen molar-refractivity contribution >= 4 is 11.6 Å². The SMILES string of the molecule is CCO.CCO.CCO.ClCC1CO1.N. The molecule has 1 rings (SSSR count). The molecule has 0 bridgehead atoms. The third kappa shape index (κ3) is 79.5. The van der Waals surface area contributed by atoms with E-state index in [9.17, 15) is 0 Å². The van der Waals surface area contributed by atoms with Gasteiger partial charge in [-0.3, -0.25) is 0 Å². The molecule has 15 heavy (non-hydrogen) atoms. The normalized spacial score (nSPS) is 15.0. The molecule has 0 spiro atoms. The summed E-state index contributed by atoms with van der Waals surface area (Å²) < 4.78 is 4.73. The highest BCUT2D eigenvalue weighted by atomic mass is 35.5. The van der Waals surface area contributed by atoms with E-state index >= 15 is 0 Å². The maximum absolute atomic E-state index is 7.57. The largest absolute Gasteiger partial charge is 0.397 e.